The van der Waals surface area contributed by atoms with E-state index >= 15 is 0 Å². The monoisotopic (exact) mass is 386 g/mol. The van der Waals surface area contributed by atoms with E-state index in [0.717, 1.165) is 22.4 Å². The predicted molar refractivity (Wildman–Crippen MR) is 113 cm³/mol. The number of hydrogen-bond acceptors (Lipinski definition) is 4. The number of Topliss-reactive ketones (excluding diaryl/α,β-unsaturated/α-hetero) is 1. The standard InChI is InChI=1S/C25H22O4/c1-16-4-6-19(7-5-16)15-28-22-13-12-21-24(26)23(29-25(21)17(22)2)14-18-8-10-20(27-3)11-9-18/h4-14H,15H2,1-3H3/b23-14-. The van der Waals surface area contributed by atoms with E-state index < -0.39 is 0 Å². The Hall–Kier alpha value is -3.53. The van der Waals surface area contributed by atoms with E-state index in [1.54, 1.807) is 19.3 Å². The van der Waals surface area contributed by atoms with Gasteiger partial charge in [-0.3, -0.25) is 4.79 Å². The molecular weight excluding hydrogens is 364 g/mol. The summed E-state index contributed by atoms with van der Waals surface area (Å²) in [7, 11) is 1.62. The number of benzene rings is 3. The van der Waals surface area contributed by atoms with E-state index in [-0.39, 0.29) is 5.78 Å². The number of carbonyl (C=O) groups is 1. The van der Waals surface area contributed by atoms with Crippen LogP contribution in [-0.2, 0) is 6.61 Å². The van der Waals surface area contributed by atoms with Gasteiger partial charge in [-0.15, -0.1) is 0 Å². The molecule has 3 aromatic rings. The molecule has 0 atom stereocenters. The van der Waals surface area contributed by atoms with Gasteiger partial charge in [-0.1, -0.05) is 42.0 Å². The number of ketones is 1. The summed E-state index contributed by atoms with van der Waals surface area (Å²) in [6.07, 6.45) is 1.74. The summed E-state index contributed by atoms with van der Waals surface area (Å²) in [6.45, 7) is 4.43. The van der Waals surface area contributed by atoms with Crippen molar-refractivity contribution in [2.75, 3.05) is 7.11 Å². The van der Waals surface area contributed by atoms with Crippen molar-refractivity contribution in [2.45, 2.75) is 20.5 Å². The Bertz CT molecular complexity index is 1080. The van der Waals surface area contributed by atoms with Crippen LogP contribution in [0, 0.1) is 13.8 Å². The average Bonchev–Trinajstić information content (AvgIpc) is 3.06. The first-order valence-electron chi connectivity index (χ1n) is 9.45. The molecule has 0 saturated heterocycles. The molecule has 1 aliphatic heterocycles. The van der Waals surface area contributed by atoms with Gasteiger partial charge in [0.25, 0.3) is 0 Å². The van der Waals surface area contributed by atoms with E-state index in [9.17, 15) is 4.79 Å². The van der Waals surface area contributed by atoms with Crippen molar-refractivity contribution in [3.05, 3.63) is 94.2 Å². The molecule has 0 fully saturated rings. The molecule has 0 aliphatic carbocycles. The number of carbonyl (C=O) groups excluding carboxylic acids is 1. The van der Waals surface area contributed by atoms with Crippen molar-refractivity contribution in [1.29, 1.82) is 0 Å². The van der Waals surface area contributed by atoms with Crippen LogP contribution < -0.4 is 14.2 Å². The first-order chi connectivity index (χ1) is 14.0. The van der Waals surface area contributed by atoms with Crippen LogP contribution >= 0.6 is 0 Å². The molecule has 146 valence electrons. The Labute approximate surface area is 170 Å². The highest BCUT2D eigenvalue weighted by atomic mass is 16.5. The van der Waals surface area contributed by atoms with Gasteiger partial charge < -0.3 is 14.2 Å². The zero-order chi connectivity index (χ0) is 20.4. The summed E-state index contributed by atoms with van der Waals surface area (Å²) in [5, 5.41) is 0. The summed E-state index contributed by atoms with van der Waals surface area (Å²) in [5.74, 6) is 2.23. The Kier molecular flexibility index (Phi) is 5.09. The Morgan fingerprint density at radius 1 is 0.931 bits per heavy atom. The van der Waals surface area contributed by atoms with Crippen LogP contribution in [0.3, 0.4) is 0 Å². The van der Waals surface area contributed by atoms with Crippen molar-refractivity contribution < 1.29 is 19.0 Å². The first-order valence-corrected chi connectivity index (χ1v) is 9.45. The van der Waals surface area contributed by atoms with Gasteiger partial charge in [-0.05, 0) is 55.3 Å². The van der Waals surface area contributed by atoms with Gasteiger partial charge in [-0.2, -0.15) is 0 Å². The van der Waals surface area contributed by atoms with Crippen LogP contribution in [0.25, 0.3) is 6.08 Å². The maximum Gasteiger partial charge on any atom is 0.231 e. The highest BCUT2D eigenvalue weighted by Gasteiger charge is 2.30. The molecule has 4 nitrogen and oxygen atoms in total. The molecule has 4 rings (SSSR count). The summed E-state index contributed by atoms with van der Waals surface area (Å²) < 4.78 is 17.1. The molecule has 0 saturated carbocycles. The molecule has 4 heteroatoms. The van der Waals surface area contributed by atoms with E-state index in [0.29, 0.717) is 29.4 Å². The van der Waals surface area contributed by atoms with E-state index in [4.69, 9.17) is 14.2 Å². The number of allylic oxidation sites excluding steroid dienone is 1. The van der Waals surface area contributed by atoms with Crippen molar-refractivity contribution >= 4 is 11.9 Å². The Morgan fingerprint density at radius 3 is 2.34 bits per heavy atom. The minimum absolute atomic E-state index is 0.121. The fraction of sp³-hybridized carbons (Fsp3) is 0.160. The molecule has 0 unspecified atom stereocenters. The number of aryl methyl sites for hydroxylation is 1. The molecule has 0 spiro atoms. The molecule has 0 aromatic heterocycles. The smallest absolute Gasteiger partial charge is 0.231 e. The molecule has 0 N–H and O–H groups in total. The van der Waals surface area contributed by atoms with Gasteiger partial charge in [-0.25, -0.2) is 0 Å². The maximum atomic E-state index is 12.7. The lowest BCUT2D eigenvalue weighted by atomic mass is 10.1. The van der Waals surface area contributed by atoms with Crippen molar-refractivity contribution in [2.24, 2.45) is 0 Å². The number of methoxy groups -OCH3 is 1. The topological polar surface area (TPSA) is 44.8 Å². The lowest BCUT2D eigenvalue weighted by Gasteiger charge is -2.11. The highest BCUT2D eigenvalue weighted by Crippen LogP contribution is 2.39. The van der Waals surface area contributed by atoms with E-state index in [2.05, 4.69) is 19.1 Å². The average molecular weight is 386 g/mol. The lowest BCUT2D eigenvalue weighted by Crippen LogP contribution is -1.98. The number of fused-ring (bicyclic) bond motifs is 1. The second-order valence-electron chi connectivity index (χ2n) is 7.05. The number of hydrogen-bond donors (Lipinski definition) is 0. The van der Waals surface area contributed by atoms with Gasteiger partial charge in [0.2, 0.25) is 5.78 Å². The third kappa shape index (κ3) is 3.87. The second kappa shape index (κ2) is 7.84. The van der Waals surface area contributed by atoms with Crippen LogP contribution in [-0.4, -0.2) is 12.9 Å². The van der Waals surface area contributed by atoms with E-state index in [1.807, 2.05) is 49.4 Å². The minimum atomic E-state index is -0.121. The van der Waals surface area contributed by atoms with Crippen LogP contribution in [0.1, 0.15) is 32.6 Å². The predicted octanol–water partition coefficient (Wildman–Crippen LogP) is 5.51. The first kappa shape index (κ1) is 18.8. The highest BCUT2D eigenvalue weighted by molar-refractivity contribution is 6.14. The largest absolute Gasteiger partial charge is 0.497 e. The quantitative estimate of drug-likeness (QED) is 0.543. The third-order valence-electron chi connectivity index (χ3n) is 4.97. The third-order valence-corrected chi connectivity index (χ3v) is 4.97. The molecule has 1 aliphatic rings. The zero-order valence-electron chi connectivity index (χ0n) is 16.7. The van der Waals surface area contributed by atoms with Crippen LogP contribution in [0.5, 0.6) is 17.2 Å². The SMILES string of the molecule is COc1ccc(/C=C2\Oc3c(ccc(OCc4ccc(C)cc4)c3C)C2=O)cc1. The fourth-order valence-electron chi connectivity index (χ4n) is 3.22. The van der Waals surface area contributed by atoms with Gasteiger partial charge in [0.05, 0.1) is 12.7 Å². The summed E-state index contributed by atoms with van der Waals surface area (Å²) >= 11 is 0. The van der Waals surface area contributed by atoms with Gasteiger partial charge in [0.15, 0.2) is 5.76 Å². The molecule has 3 aromatic carbocycles. The maximum absolute atomic E-state index is 12.7. The minimum Gasteiger partial charge on any atom is -0.497 e. The van der Waals surface area contributed by atoms with Crippen molar-refractivity contribution in [3.8, 4) is 17.2 Å². The van der Waals surface area contributed by atoms with Gasteiger partial charge >= 0.3 is 0 Å². The number of rotatable bonds is 5. The van der Waals surface area contributed by atoms with Crippen molar-refractivity contribution in [1.82, 2.24) is 0 Å². The Balaban J connectivity index is 1.54. The van der Waals surface area contributed by atoms with Gasteiger partial charge in [0.1, 0.15) is 23.9 Å². The normalized spacial score (nSPS) is 13.9. The van der Waals surface area contributed by atoms with Gasteiger partial charge in [0, 0.05) is 5.56 Å². The molecule has 0 amide bonds. The zero-order valence-corrected chi connectivity index (χ0v) is 16.7. The summed E-state index contributed by atoms with van der Waals surface area (Å²) in [4.78, 5) is 12.7. The lowest BCUT2D eigenvalue weighted by molar-refractivity contribution is 0.101. The summed E-state index contributed by atoms with van der Waals surface area (Å²) in [6, 6.07) is 19.3. The van der Waals surface area contributed by atoms with Crippen molar-refractivity contribution in [3.63, 3.8) is 0 Å². The molecule has 29 heavy (non-hydrogen) atoms. The van der Waals surface area contributed by atoms with Crippen LogP contribution in [0.4, 0.5) is 0 Å². The molecule has 0 radical (unpaired) electrons. The summed E-state index contributed by atoms with van der Waals surface area (Å²) in [5.41, 5.74) is 4.56. The molecule has 0 bridgehead atoms. The molecular formula is C25H22O4. The number of ether oxygens (including phenoxy) is 3. The van der Waals surface area contributed by atoms with Crippen LogP contribution in [0.15, 0.2) is 66.4 Å². The van der Waals surface area contributed by atoms with E-state index in [1.165, 1.54) is 5.56 Å². The van der Waals surface area contributed by atoms with Crippen LogP contribution in [0.2, 0.25) is 0 Å². The fourth-order valence-corrected chi connectivity index (χ4v) is 3.22. The second-order valence-corrected chi connectivity index (χ2v) is 7.05. The molecule has 1 heterocycles. The Morgan fingerprint density at radius 2 is 1.66 bits per heavy atom.